The number of carbonyl (C=O) groups excluding carboxylic acids is 3. The highest BCUT2D eigenvalue weighted by Gasteiger charge is 2.39. The molecule has 0 bridgehead atoms. The molecule has 0 saturated carbocycles. The van der Waals surface area contributed by atoms with Crippen molar-refractivity contribution in [3.05, 3.63) is 65.2 Å². The topological polar surface area (TPSA) is 91.0 Å². The first-order valence-electron chi connectivity index (χ1n) is 12.5. The number of nitrogens with zero attached hydrogens (tertiary/aromatic N) is 2. The minimum Gasteiger partial charge on any atom is -0.487 e. The fourth-order valence-electron chi connectivity index (χ4n) is 5.38. The molecule has 35 heavy (non-hydrogen) atoms. The quantitative estimate of drug-likeness (QED) is 0.595. The van der Waals surface area contributed by atoms with Crippen LogP contribution in [0.15, 0.2) is 48.5 Å². The van der Waals surface area contributed by atoms with Crippen LogP contribution >= 0.6 is 0 Å². The van der Waals surface area contributed by atoms with Gasteiger partial charge >= 0.3 is 0 Å². The smallest absolute Gasteiger partial charge is 0.255 e. The molecule has 3 aliphatic heterocycles. The third-order valence-electron chi connectivity index (χ3n) is 7.14. The Morgan fingerprint density at radius 3 is 2.69 bits per heavy atom. The normalized spacial score (nSPS) is 24.9. The van der Waals surface area contributed by atoms with E-state index >= 15 is 0 Å². The van der Waals surface area contributed by atoms with Crippen LogP contribution in [0.4, 0.5) is 0 Å². The van der Waals surface area contributed by atoms with E-state index in [-0.39, 0.29) is 30.4 Å². The second-order valence-electron chi connectivity index (χ2n) is 9.55. The van der Waals surface area contributed by atoms with Gasteiger partial charge in [0.05, 0.1) is 0 Å². The van der Waals surface area contributed by atoms with Crippen LogP contribution in [-0.2, 0) is 22.7 Å². The number of carbonyl (C=O) groups is 3. The Morgan fingerprint density at radius 1 is 1.09 bits per heavy atom. The molecule has 0 spiro atoms. The molecule has 0 radical (unpaired) electrons. The molecule has 0 aromatic heterocycles. The van der Waals surface area contributed by atoms with Gasteiger partial charge in [-0.15, -0.1) is 0 Å². The van der Waals surface area contributed by atoms with Crippen molar-refractivity contribution in [1.29, 1.82) is 0 Å². The molecule has 3 aliphatic rings. The molecule has 3 atom stereocenters. The van der Waals surface area contributed by atoms with Gasteiger partial charge < -0.3 is 15.0 Å². The van der Waals surface area contributed by atoms with Crippen LogP contribution in [0.3, 0.4) is 0 Å². The van der Waals surface area contributed by atoms with E-state index in [2.05, 4.69) is 46.7 Å². The van der Waals surface area contributed by atoms with Crippen molar-refractivity contribution in [2.24, 2.45) is 0 Å². The lowest BCUT2D eigenvalue weighted by molar-refractivity contribution is -0.136. The molecular weight excluding hydrogens is 444 g/mol. The zero-order valence-corrected chi connectivity index (χ0v) is 20.0. The number of nitrogens with one attached hydrogen (secondary N) is 2. The summed E-state index contributed by atoms with van der Waals surface area (Å²) in [6.45, 7) is 6.04. The van der Waals surface area contributed by atoms with Gasteiger partial charge in [-0.1, -0.05) is 37.3 Å². The van der Waals surface area contributed by atoms with E-state index in [9.17, 15) is 14.4 Å². The first kappa shape index (κ1) is 23.5. The van der Waals surface area contributed by atoms with Gasteiger partial charge in [0.2, 0.25) is 11.8 Å². The Morgan fingerprint density at radius 2 is 1.91 bits per heavy atom. The van der Waals surface area contributed by atoms with Crippen molar-refractivity contribution in [2.75, 3.05) is 19.6 Å². The number of imide groups is 1. The standard InChI is InChI=1S/C27H32N4O4/c1-2-28-22-12-13-30(15-18-6-4-3-5-7-18)17-24(22)35-20-8-9-21-19(14-20)16-31(27(21)34)23-10-11-25(32)29-26(23)33/h3-9,14,22-24,28H,2,10-13,15-17H2,1H3,(H,29,32,33)/t22-,23?,24-/m0/s1. The number of hydrogen-bond donors (Lipinski definition) is 2. The summed E-state index contributed by atoms with van der Waals surface area (Å²) in [5.74, 6) is -0.113. The molecule has 0 aliphatic carbocycles. The summed E-state index contributed by atoms with van der Waals surface area (Å²) >= 11 is 0. The first-order chi connectivity index (χ1) is 17.0. The van der Waals surface area contributed by atoms with Gasteiger partial charge in [-0.3, -0.25) is 24.6 Å². The number of amides is 3. The van der Waals surface area contributed by atoms with Gasteiger partial charge in [-0.2, -0.15) is 0 Å². The van der Waals surface area contributed by atoms with Crippen LogP contribution in [-0.4, -0.2) is 65.3 Å². The van der Waals surface area contributed by atoms with Crippen LogP contribution < -0.4 is 15.4 Å². The number of likely N-dealkylation sites (N-methyl/N-ethyl adjacent to an activating group) is 1. The summed E-state index contributed by atoms with van der Waals surface area (Å²) in [6, 6.07) is 15.7. The molecule has 3 heterocycles. The lowest BCUT2D eigenvalue weighted by Crippen LogP contribution is -2.54. The predicted octanol–water partition coefficient (Wildman–Crippen LogP) is 2.08. The van der Waals surface area contributed by atoms with Gasteiger partial charge in [-0.05, 0) is 48.7 Å². The average Bonchev–Trinajstić information content (AvgIpc) is 3.17. The number of rotatable bonds is 7. The number of hydrogen-bond acceptors (Lipinski definition) is 6. The Kier molecular flexibility index (Phi) is 6.83. The summed E-state index contributed by atoms with van der Waals surface area (Å²) < 4.78 is 6.51. The Bertz CT molecular complexity index is 1110. The molecule has 3 amide bonds. The van der Waals surface area contributed by atoms with Crippen molar-refractivity contribution < 1.29 is 19.1 Å². The number of ether oxygens (including phenoxy) is 1. The largest absolute Gasteiger partial charge is 0.487 e. The highest BCUT2D eigenvalue weighted by atomic mass is 16.5. The van der Waals surface area contributed by atoms with Gasteiger partial charge in [0, 0.05) is 44.2 Å². The van der Waals surface area contributed by atoms with E-state index in [1.165, 1.54) is 5.56 Å². The van der Waals surface area contributed by atoms with Crippen LogP contribution in [0.1, 0.15) is 47.7 Å². The van der Waals surface area contributed by atoms with Crippen molar-refractivity contribution in [1.82, 2.24) is 20.4 Å². The third kappa shape index (κ3) is 5.09. The number of benzene rings is 2. The molecular formula is C27H32N4O4. The minimum atomic E-state index is -0.611. The summed E-state index contributed by atoms with van der Waals surface area (Å²) in [6.07, 6.45) is 1.58. The monoisotopic (exact) mass is 476 g/mol. The van der Waals surface area contributed by atoms with E-state index in [1.807, 2.05) is 18.2 Å². The van der Waals surface area contributed by atoms with Gasteiger partial charge in [0.25, 0.3) is 5.91 Å². The predicted molar refractivity (Wildman–Crippen MR) is 131 cm³/mol. The van der Waals surface area contributed by atoms with E-state index in [1.54, 1.807) is 11.0 Å². The van der Waals surface area contributed by atoms with Crippen LogP contribution in [0.2, 0.25) is 0 Å². The molecule has 1 unspecified atom stereocenters. The first-order valence-corrected chi connectivity index (χ1v) is 12.5. The van der Waals surface area contributed by atoms with E-state index in [4.69, 9.17) is 4.74 Å². The molecule has 2 aromatic carbocycles. The Labute approximate surface area is 205 Å². The lowest BCUT2D eigenvalue weighted by Gasteiger charge is -2.39. The third-order valence-corrected chi connectivity index (χ3v) is 7.14. The van der Waals surface area contributed by atoms with Gasteiger partial charge in [0.1, 0.15) is 17.9 Å². The molecule has 2 fully saturated rings. The molecule has 8 nitrogen and oxygen atoms in total. The number of piperidine rings is 2. The molecule has 5 rings (SSSR count). The number of likely N-dealkylation sites (tertiary alicyclic amines) is 1. The second-order valence-corrected chi connectivity index (χ2v) is 9.55. The summed E-state index contributed by atoms with van der Waals surface area (Å²) in [5.41, 5.74) is 2.74. The zero-order valence-electron chi connectivity index (χ0n) is 20.0. The Hall–Kier alpha value is -3.23. The molecule has 8 heteroatoms. The van der Waals surface area contributed by atoms with Crippen molar-refractivity contribution in [2.45, 2.75) is 57.5 Å². The van der Waals surface area contributed by atoms with E-state index in [0.29, 0.717) is 18.5 Å². The molecule has 184 valence electrons. The maximum absolute atomic E-state index is 13.0. The highest BCUT2D eigenvalue weighted by molar-refractivity contribution is 6.05. The highest BCUT2D eigenvalue weighted by Crippen LogP contribution is 2.31. The summed E-state index contributed by atoms with van der Waals surface area (Å²) in [5, 5.41) is 5.92. The molecule has 2 aromatic rings. The SMILES string of the molecule is CCN[C@H]1CCN(Cc2ccccc2)C[C@@H]1Oc1ccc2c(c1)CN(C1CCC(=O)NC1=O)C2=O. The lowest BCUT2D eigenvalue weighted by atomic mass is 10.0. The van der Waals surface area contributed by atoms with Gasteiger partial charge in [0.15, 0.2) is 0 Å². The van der Waals surface area contributed by atoms with Crippen LogP contribution in [0.25, 0.3) is 0 Å². The van der Waals surface area contributed by atoms with E-state index in [0.717, 1.165) is 43.9 Å². The minimum absolute atomic E-state index is 0.0196. The number of fused-ring (bicyclic) bond motifs is 1. The van der Waals surface area contributed by atoms with Crippen LogP contribution in [0.5, 0.6) is 5.75 Å². The average molecular weight is 477 g/mol. The summed E-state index contributed by atoms with van der Waals surface area (Å²) in [7, 11) is 0. The van der Waals surface area contributed by atoms with Crippen LogP contribution in [0, 0.1) is 0 Å². The zero-order chi connectivity index (χ0) is 24.4. The van der Waals surface area contributed by atoms with Crippen molar-refractivity contribution in [3.63, 3.8) is 0 Å². The fraction of sp³-hybridized carbons (Fsp3) is 0.444. The maximum Gasteiger partial charge on any atom is 0.255 e. The van der Waals surface area contributed by atoms with Crippen molar-refractivity contribution in [3.8, 4) is 5.75 Å². The Balaban J connectivity index is 1.28. The maximum atomic E-state index is 13.0. The summed E-state index contributed by atoms with van der Waals surface area (Å²) in [4.78, 5) is 40.8. The van der Waals surface area contributed by atoms with E-state index < -0.39 is 11.9 Å². The van der Waals surface area contributed by atoms with Crippen molar-refractivity contribution >= 4 is 17.7 Å². The molecule has 2 saturated heterocycles. The second kappa shape index (κ2) is 10.2. The fourth-order valence-corrected chi connectivity index (χ4v) is 5.38. The molecule has 2 N–H and O–H groups in total. The van der Waals surface area contributed by atoms with Gasteiger partial charge in [-0.25, -0.2) is 0 Å².